The molecule has 1 aromatic heterocycles. The lowest BCUT2D eigenvalue weighted by molar-refractivity contribution is -0.144. The van der Waals surface area contributed by atoms with Crippen molar-refractivity contribution in [2.24, 2.45) is 0 Å². The van der Waals surface area contributed by atoms with Gasteiger partial charge in [0.05, 0.1) is 5.02 Å². The second kappa shape index (κ2) is 16.8. The highest BCUT2D eigenvalue weighted by Gasteiger charge is 2.29. The van der Waals surface area contributed by atoms with Crippen LogP contribution >= 0.6 is 23.4 Å². The normalized spacial score (nSPS) is 15.6. The fraction of sp³-hybridized carbons (Fsp3) is 0.286. The van der Waals surface area contributed by atoms with E-state index in [1.807, 2.05) is 71.9 Å². The standard InChI is InChI=1S/C42H41ClN2O6S/c1-28-32(10-7-11-35(28)31-13-14-38-41(20-31)49-17-16-48-38)26-51-40-21-39(33(19-36(40)43)24-45-15-6-5-12-37(45)42(46)47)50-25-30-18-34(23-44-22-30)52-27-29-8-3-2-4-9-29/h2-4,7-11,13-14,18-23,37H,5-6,12,15-17,24-27H2,1H3,(H,46,47)/t37-/m0/s1. The van der Waals surface area contributed by atoms with E-state index in [4.69, 9.17) is 30.5 Å². The Bertz CT molecular complexity index is 2030. The number of aromatic nitrogens is 1. The van der Waals surface area contributed by atoms with Crippen molar-refractivity contribution >= 4 is 29.3 Å². The van der Waals surface area contributed by atoms with E-state index in [0.29, 0.717) is 55.9 Å². The minimum Gasteiger partial charge on any atom is -0.488 e. The number of pyridine rings is 1. The Labute approximate surface area is 313 Å². The zero-order valence-electron chi connectivity index (χ0n) is 29.1. The van der Waals surface area contributed by atoms with Crippen LogP contribution in [0.1, 0.15) is 47.1 Å². The topological polar surface area (TPSA) is 90.4 Å². The van der Waals surface area contributed by atoms with Gasteiger partial charge in [0.15, 0.2) is 11.5 Å². The van der Waals surface area contributed by atoms with E-state index < -0.39 is 12.0 Å². The third kappa shape index (κ3) is 8.66. The van der Waals surface area contributed by atoms with E-state index in [9.17, 15) is 9.90 Å². The van der Waals surface area contributed by atoms with Crippen molar-refractivity contribution in [1.82, 2.24) is 9.88 Å². The molecule has 3 heterocycles. The number of aliphatic carboxylic acids is 1. The lowest BCUT2D eigenvalue weighted by Crippen LogP contribution is -2.44. The van der Waals surface area contributed by atoms with Crippen LogP contribution < -0.4 is 18.9 Å². The maximum atomic E-state index is 12.1. The van der Waals surface area contributed by atoms with Crippen molar-refractivity contribution in [3.63, 3.8) is 0 Å². The number of carboxylic acid groups (broad SMARTS) is 1. The van der Waals surface area contributed by atoms with Crippen molar-refractivity contribution in [2.75, 3.05) is 19.8 Å². The number of halogens is 1. The number of thioether (sulfide) groups is 1. The number of rotatable bonds is 13. The van der Waals surface area contributed by atoms with Gasteiger partial charge in [0.2, 0.25) is 0 Å². The maximum absolute atomic E-state index is 12.1. The average Bonchev–Trinajstić information content (AvgIpc) is 3.17. The Morgan fingerprint density at radius 3 is 2.56 bits per heavy atom. The molecule has 0 saturated carbocycles. The monoisotopic (exact) mass is 736 g/mol. The molecule has 0 aliphatic carbocycles. The molecule has 2 aliphatic rings. The summed E-state index contributed by atoms with van der Waals surface area (Å²) in [7, 11) is 0. The minimum absolute atomic E-state index is 0.278. The van der Waals surface area contributed by atoms with Crippen LogP contribution in [-0.2, 0) is 30.3 Å². The predicted octanol–water partition coefficient (Wildman–Crippen LogP) is 9.37. The molecule has 1 saturated heterocycles. The van der Waals surface area contributed by atoms with Crippen LogP contribution in [0.3, 0.4) is 0 Å². The van der Waals surface area contributed by atoms with Gasteiger partial charge in [0, 0.05) is 46.8 Å². The first-order valence-corrected chi connectivity index (χ1v) is 18.9. The van der Waals surface area contributed by atoms with Gasteiger partial charge in [-0.15, -0.1) is 11.8 Å². The first-order valence-electron chi connectivity index (χ1n) is 17.6. The number of carbonyl (C=O) groups is 1. The lowest BCUT2D eigenvalue weighted by atomic mass is 9.96. The molecular formula is C42H41ClN2O6S. The van der Waals surface area contributed by atoms with Crippen LogP contribution in [0.2, 0.25) is 5.02 Å². The molecule has 1 N–H and O–H groups in total. The van der Waals surface area contributed by atoms with E-state index in [1.165, 1.54) is 5.56 Å². The number of fused-ring (bicyclic) bond motifs is 1. The van der Waals surface area contributed by atoms with Gasteiger partial charge in [-0.3, -0.25) is 14.7 Å². The van der Waals surface area contributed by atoms with Crippen molar-refractivity contribution in [3.05, 3.63) is 130 Å². The maximum Gasteiger partial charge on any atom is 0.320 e. The van der Waals surface area contributed by atoms with Crippen molar-refractivity contribution in [3.8, 4) is 34.1 Å². The Kier molecular flexibility index (Phi) is 11.5. The van der Waals surface area contributed by atoms with Crippen molar-refractivity contribution in [2.45, 2.75) is 62.6 Å². The second-order valence-corrected chi connectivity index (χ2v) is 14.5. The van der Waals surface area contributed by atoms with Crippen molar-refractivity contribution < 1.29 is 28.8 Å². The van der Waals surface area contributed by atoms with E-state index >= 15 is 0 Å². The number of benzene rings is 4. The summed E-state index contributed by atoms with van der Waals surface area (Å²) in [5.41, 5.74) is 7.20. The Morgan fingerprint density at radius 2 is 1.71 bits per heavy atom. The summed E-state index contributed by atoms with van der Waals surface area (Å²) in [6.45, 7) is 4.82. The molecule has 1 atom stereocenters. The second-order valence-electron chi connectivity index (χ2n) is 13.0. The summed E-state index contributed by atoms with van der Waals surface area (Å²) >= 11 is 8.61. The van der Waals surface area contributed by atoms with Crippen LogP contribution in [0.5, 0.6) is 23.0 Å². The van der Waals surface area contributed by atoms with Crippen LogP contribution in [0.4, 0.5) is 0 Å². The average molecular weight is 737 g/mol. The highest BCUT2D eigenvalue weighted by atomic mass is 35.5. The van der Waals surface area contributed by atoms with Crippen LogP contribution in [-0.4, -0.2) is 46.8 Å². The van der Waals surface area contributed by atoms with Gasteiger partial charge in [-0.1, -0.05) is 72.6 Å². The zero-order valence-corrected chi connectivity index (χ0v) is 30.6. The predicted molar refractivity (Wildman–Crippen MR) is 204 cm³/mol. The van der Waals surface area contributed by atoms with Gasteiger partial charge in [0.25, 0.3) is 0 Å². The third-order valence-electron chi connectivity index (χ3n) is 9.48. The number of nitrogens with zero attached hydrogens (tertiary/aromatic N) is 2. The van der Waals surface area contributed by atoms with Gasteiger partial charge < -0.3 is 24.1 Å². The van der Waals surface area contributed by atoms with Gasteiger partial charge in [-0.25, -0.2) is 0 Å². The van der Waals surface area contributed by atoms with Crippen molar-refractivity contribution in [1.29, 1.82) is 0 Å². The van der Waals surface area contributed by atoms with E-state index in [0.717, 1.165) is 68.4 Å². The molecule has 0 amide bonds. The Hall–Kier alpha value is -4.70. The molecule has 10 heteroatoms. The first-order chi connectivity index (χ1) is 25.4. The summed E-state index contributed by atoms with van der Waals surface area (Å²) < 4.78 is 24.4. The molecular weight excluding hydrogens is 696 g/mol. The molecule has 1 fully saturated rings. The molecule has 0 bridgehead atoms. The zero-order chi connectivity index (χ0) is 35.9. The molecule has 0 spiro atoms. The van der Waals surface area contributed by atoms with E-state index in [2.05, 4.69) is 42.2 Å². The first kappa shape index (κ1) is 35.7. The van der Waals surface area contributed by atoms with Crippen LogP contribution in [0.15, 0.2) is 102 Å². The number of ether oxygens (including phenoxy) is 4. The van der Waals surface area contributed by atoms with Gasteiger partial charge in [-0.2, -0.15) is 0 Å². The highest BCUT2D eigenvalue weighted by Crippen LogP contribution is 2.38. The summed E-state index contributed by atoms with van der Waals surface area (Å²) in [5.74, 6) is 2.62. The fourth-order valence-corrected chi connectivity index (χ4v) is 7.80. The molecule has 0 unspecified atom stereocenters. The summed E-state index contributed by atoms with van der Waals surface area (Å²) in [5, 5.41) is 10.4. The van der Waals surface area contributed by atoms with Gasteiger partial charge in [0.1, 0.15) is 44.0 Å². The number of piperidine rings is 1. The SMILES string of the molecule is Cc1c(COc2cc(OCc3cncc(SCc4ccccc4)c3)c(CN3CCCC[C@H]3C(=O)O)cc2Cl)cccc1-c1ccc2c(c1)OCCO2. The fourth-order valence-electron chi connectivity index (χ4n) is 6.67. The molecule has 5 aromatic rings. The van der Waals surface area contributed by atoms with Gasteiger partial charge in [-0.05, 0) is 78.4 Å². The van der Waals surface area contributed by atoms with Crippen LogP contribution in [0, 0.1) is 6.92 Å². The number of likely N-dealkylation sites (tertiary alicyclic amines) is 1. The summed E-state index contributed by atoms with van der Waals surface area (Å²) in [6.07, 6.45) is 6.13. The summed E-state index contributed by atoms with van der Waals surface area (Å²) in [6, 6.07) is 27.7. The smallest absolute Gasteiger partial charge is 0.320 e. The quantitative estimate of drug-likeness (QED) is 0.119. The van der Waals surface area contributed by atoms with Gasteiger partial charge >= 0.3 is 5.97 Å². The largest absolute Gasteiger partial charge is 0.488 e. The molecule has 7 rings (SSSR count). The molecule has 4 aromatic carbocycles. The molecule has 8 nitrogen and oxygen atoms in total. The number of hydrogen-bond donors (Lipinski definition) is 1. The lowest BCUT2D eigenvalue weighted by Gasteiger charge is -2.33. The molecule has 52 heavy (non-hydrogen) atoms. The Balaban J connectivity index is 1.11. The summed E-state index contributed by atoms with van der Waals surface area (Å²) in [4.78, 5) is 19.7. The molecule has 268 valence electrons. The number of carboxylic acids is 1. The molecule has 2 aliphatic heterocycles. The Morgan fingerprint density at radius 1 is 0.885 bits per heavy atom. The molecule has 0 radical (unpaired) electrons. The highest BCUT2D eigenvalue weighted by molar-refractivity contribution is 7.98. The number of hydrogen-bond acceptors (Lipinski definition) is 8. The minimum atomic E-state index is -0.807. The van der Waals surface area contributed by atoms with Crippen LogP contribution in [0.25, 0.3) is 11.1 Å². The third-order valence-corrected chi connectivity index (χ3v) is 10.8. The van der Waals surface area contributed by atoms with E-state index in [1.54, 1.807) is 11.8 Å². The van der Waals surface area contributed by atoms with E-state index in [-0.39, 0.29) is 6.61 Å².